The van der Waals surface area contributed by atoms with E-state index in [4.69, 9.17) is 11.5 Å². The van der Waals surface area contributed by atoms with Gasteiger partial charge in [0.15, 0.2) is 0 Å². The number of nitrogens with two attached hydrogens (primary N) is 2. The van der Waals surface area contributed by atoms with Crippen LogP contribution < -0.4 is 16.4 Å². The van der Waals surface area contributed by atoms with E-state index < -0.39 is 5.91 Å². The topological polar surface area (TPSA) is 72.3 Å². The fourth-order valence-corrected chi connectivity index (χ4v) is 2.38. The van der Waals surface area contributed by atoms with Gasteiger partial charge in [0.05, 0.1) is 5.56 Å². The molecule has 4 heteroatoms. The molecule has 1 heterocycles. The summed E-state index contributed by atoms with van der Waals surface area (Å²) in [5.41, 5.74) is 13.5. The lowest BCUT2D eigenvalue weighted by atomic mass is 9.82. The fourth-order valence-electron chi connectivity index (χ4n) is 2.38. The van der Waals surface area contributed by atoms with Crippen molar-refractivity contribution in [2.24, 2.45) is 11.1 Å². The fraction of sp³-hybridized carbons (Fsp3) is 0.500. The molecule has 1 aromatic rings. The third-order valence-electron chi connectivity index (χ3n) is 3.74. The van der Waals surface area contributed by atoms with Crippen LogP contribution in [-0.4, -0.2) is 19.0 Å². The van der Waals surface area contributed by atoms with E-state index in [-0.39, 0.29) is 0 Å². The number of primary amides is 1. The Balaban J connectivity index is 2.26. The number of amides is 1. The van der Waals surface area contributed by atoms with Gasteiger partial charge in [-0.3, -0.25) is 4.79 Å². The average molecular weight is 247 g/mol. The van der Waals surface area contributed by atoms with E-state index in [1.165, 1.54) is 0 Å². The van der Waals surface area contributed by atoms with Crippen LogP contribution in [0.15, 0.2) is 18.2 Å². The zero-order valence-electron chi connectivity index (χ0n) is 11.1. The number of rotatable bonds is 2. The maximum atomic E-state index is 11.5. The standard InChI is InChI=1S/C14H21N3O/c1-14(2)5-7-17(8-6-14)12-4-3-10(15)9-11(12)13(16)18/h3-4,9H,5-8,15H2,1-2H3,(H2,16,18). The first-order valence-electron chi connectivity index (χ1n) is 6.33. The molecule has 1 saturated heterocycles. The van der Waals surface area contributed by atoms with Crippen LogP contribution >= 0.6 is 0 Å². The maximum Gasteiger partial charge on any atom is 0.250 e. The van der Waals surface area contributed by atoms with Crippen molar-refractivity contribution in [1.82, 2.24) is 0 Å². The summed E-state index contributed by atoms with van der Waals surface area (Å²) >= 11 is 0. The molecule has 0 spiro atoms. The minimum Gasteiger partial charge on any atom is -0.399 e. The van der Waals surface area contributed by atoms with Gasteiger partial charge in [-0.25, -0.2) is 0 Å². The highest BCUT2D eigenvalue weighted by Crippen LogP contribution is 2.33. The highest BCUT2D eigenvalue weighted by Gasteiger charge is 2.27. The summed E-state index contributed by atoms with van der Waals surface area (Å²) in [5.74, 6) is -0.415. The number of nitrogen functional groups attached to an aromatic ring is 1. The van der Waals surface area contributed by atoms with E-state index in [0.717, 1.165) is 31.6 Å². The van der Waals surface area contributed by atoms with E-state index in [1.807, 2.05) is 12.1 Å². The van der Waals surface area contributed by atoms with Gasteiger partial charge in [0.25, 0.3) is 5.91 Å². The van der Waals surface area contributed by atoms with Crippen LogP contribution in [0.5, 0.6) is 0 Å². The van der Waals surface area contributed by atoms with Crippen LogP contribution in [0.1, 0.15) is 37.0 Å². The van der Waals surface area contributed by atoms with Gasteiger partial charge in [-0.2, -0.15) is 0 Å². The number of carbonyl (C=O) groups excluding carboxylic acids is 1. The summed E-state index contributed by atoms with van der Waals surface area (Å²) in [5, 5.41) is 0. The largest absolute Gasteiger partial charge is 0.399 e. The first-order valence-corrected chi connectivity index (χ1v) is 6.33. The Kier molecular flexibility index (Phi) is 3.20. The second-order valence-electron chi connectivity index (χ2n) is 5.79. The SMILES string of the molecule is CC1(C)CCN(c2ccc(N)cc2C(N)=O)CC1. The lowest BCUT2D eigenvalue weighted by molar-refractivity contribution is 0.100. The maximum absolute atomic E-state index is 11.5. The predicted molar refractivity (Wildman–Crippen MR) is 74.6 cm³/mol. The van der Waals surface area contributed by atoms with Crippen LogP contribution in [0.25, 0.3) is 0 Å². The van der Waals surface area contributed by atoms with Crippen LogP contribution in [-0.2, 0) is 0 Å². The minimum absolute atomic E-state index is 0.386. The number of nitrogens with zero attached hydrogens (tertiary/aromatic N) is 1. The summed E-state index contributed by atoms with van der Waals surface area (Å²) in [4.78, 5) is 13.7. The third-order valence-corrected chi connectivity index (χ3v) is 3.74. The number of piperidine rings is 1. The molecule has 0 atom stereocenters. The molecule has 0 saturated carbocycles. The molecular formula is C14H21N3O. The van der Waals surface area contributed by atoms with Crippen LogP contribution in [0.2, 0.25) is 0 Å². The Hall–Kier alpha value is -1.71. The zero-order valence-corrected chi connectivity index (χ0v) is 11.1. The smallest absolute Gasteiger partial charge is 0.250 e. The highest BCUT2D eigenvalue weighted by atomic mass is 16.1. The molecule has 2 rings (SSSR count). The van der Waals surface area contributed by atoms with E-state index >= 15 is 0 Å². The van der Waals surface area contributed by atoms with Crippen molar-refractivity contribution in [3.8, 4) is 0 Å². The van der Waals surface area contributed by atoms with Gasteiger partial charge in [0, 0.05) is 24.5 Å². The molecule has 0 unspecified atom stereocenters. The van der Waals surface area contributed by atoms with Gasteiger partial charge in [-0.1, -0.05) is 13.8 Å². The Morgan fingerprint density at radius 1 is 1.28 bits per heavy atom. The Bertz CT molecular complexity index is 458. The first kappa shape index (κ1) is 12.7. The number of benzene rings is 1. The summed E-state index contributed by atoms with van der Waals surface area (Å²) in [6.45, 7) is 6.47. The van der Waals surface area contributed by atoms with Gasteiger partial charge in [-0.15, -0.1) is 0 Å². The molecule has 98 valence electrons. The number of carbonyl (C=O) groups is 1. The summed E-state index contributed by atoms with van der Waals surface area (Å²) in [7, 11) is 0. The van der Waals surface area contributed by atoms with Crippen molar-refractivity contribution in [3.63, 3.8) is 0 Å². The zero-order chi connectivity index (χ0) is 13.3. The lowest BCUT2D eigenvalue weighted by Crippen LogP contribution is -2.38. The molecule has 1 amide bonds. The Morgan fingerprint density at radius 2 is 1.89 bits per heavy atom. The van der Waals surface area contributed by atoms with E-state index in [9.17, 15) is 4.79 Å². The molecule has 1 fully saturated rings. The van der Waals surface area contributed by atoms with Gasteiger partial charge < -0.3 is 16.4 Å². The Morgan fingerprint density at radius 3 is 2.44 bits per heavy atom. The van der Waals surface area contributed by atoms with Gasteiger partial charge >= 0.3 is 0 Å². The van der Waals surface area contributed by atoms with Gasteiger partial charge in [0.2, 0.25) is 0 Å². The summed E-state index contributed by atoms with van der Waals surface area (Å²) in [6.07, 6.45) is 2.24. The van der Waals surface area contributed by atoms with Crippen LogP contribution in [0, 0.1) is 5.41 Å². The summed E-state index contributed by atoms with van der Waals surface area (Å²) < 4.78 is 0. The molecule has 4 nitrogen and oxygen atoms in total. The molecule has 0 aromatic heterocycles. The van der Waals surface area contributed by atoms with E-state index in [2.05, 4.69) is 18.7 Å². The van der Waals surface area contributed by atoms with Crippen LogP contribution in [0.4, 0.5) is 11.4 Å². The molecule has 1 aliphatic heterocycles. The lowest BCUT2D eigenvalue weighted by Gasteiger charge is -2.38. The quantitative estimate of drug-likeness (QED) is 0.785. The van der Waals surface area contributed by atoms with E-state index in [0.29, 0.717) is 16.7 Å². The minimum atomic E-state index is -0.415. The molecule has 0 radical (unpaired) electrons. The number of hydrogen-bond donors (Lipinski definition) is 2. The second kappa shape index (κ2) is 4.52. The van der Waals surface area contributed by atoms with Crippen molar-refractivity contribution < 1.29 is 4.79 Å². The third kappa shape index (κ3) is 2.58. The van der Waals surface area contributed by atoms with Crippen molar-refractivity contribution >= 4 is 17.3 Å². The molecular weight excluding hydrogens is 226 g/mol. The van der Waals surface area contributed by atoms with Crippen molar-refractivity contribution in [2.75, 3.05) is 23.7 Å². The molecule has 0 aliphatic carbocycles. The Labute approximate surface area is 108 Å². The number of anilines is 2. The highest BCUT2D eigenvalue weighted by molar-refractivity contribution is 5.99. The average Bonchev–Trinajstić information content (AvgIpc) is 2.29. The molecule has 18 heavy (non-hydrogen) atoms. The molecule has 4 N–H and O–H groups in total. The summed E-state index contributed by atoms with van der Waals surface area (Å²) in [6, 6.07) is 5.38. The first-order chi connectivity index (χ1) is 8.39. The van der Waals surface area contributed by atoms with Crippen LogP contribution in [0.3, 0.4) is 0 Å². The monoisotopic (exact) mass is 247 g/mol. The number of hydrogen-bond acceptors (Lipinski definition) is 3. The molecule has 0 bridgehead atoms. The predicted octanol–water partition coefficient (Wildman–Crippen LogP) is 1.99. The van der Waals surface area contributed by atoms with E-state index in [1.54, 1.807) is 6.07 Å². The van der Waals surface area contributed by atoms with Crippen molar-refractivity contribution in [3.05, 3.63) is 23.8 Å². The molecule has 1 aliphatic rings. The van der Waals surface area contributed by atoms with Gasteiger partial charge in [0.1, 0.15) is 0 Å². The normalized spacial score (nSPS) is 18.7. The van der Waals surface area contributed by atoms with Gasteiger partial charge in [-0.05, 0) is 36.5 Å². The van der Waals surface area contributed by atoms with Crippen molar-refractivity contribution in [1.29, 1.82) is 0 Å². The second-order valence-corrected chi connectivity index (χ2v) is 5.79. The van der Waals surface area contributed by atoms with Crippen molar-refractivity contribution in [2.45, 2.75) is 26.7 Å². The molecule has 1 aromatic carbocycles.